The summed E-state index contributed by atoms with van der Waals surface area (Å²) in [6, 6.07) is 0. The summed E-state index contributed by atoms with van der Waals surface area (Å²) in [6.07, 6.45) is 3.91. The maximum Gasteiger partial charge on any atom is 0.226 e. The molecular weight excluding hydrogens is 254 g/mol. The first kappa shape index (κ1) is 17.0. The fourth-order valence-corrected chi connectivity index (χ4v) is 2.63. The monoisotopic (exact) mass is 283 g/mol. The van der Waals surface area contributed by atoms with E-state index in [2.05, 4.69) is 17.6 Å². The van der Waals surface area contributed by atoms with Crippen LogP contribution in [0.3, 0.4) is 0 Å². The molecule has 0 aromatic heterocycles. The SMILES string of the molecule is CCCCNC(=O)C1CCCN(C(=O)C(C)CNC)C1. The average Bonchev–Trinajstić information content (AvgIpc) is 2.47. The van der Waals surface area contributed by atoms with Crippen LogP contribution >= 0.6 is 0 Å². The highest BCUT2D eigenvalue weighted by molar-refractivity contribution is 5.82. The fourth-order valence-electron chi connectivity index (χ4n) is 2.63. The minimum Gasteiger partial charge on any atom is -0.356 e. The number of piperidine rings is 1. The van der Waals surface area contributed by atoms with Gasteiger partial charge in [0.2, 0.25) is 11.8 Å². The number of carbonyl (C=O) groups is 2. The van der Waals surface area contributed by atoms with Gasteiger partial charge < -0.3 is 15.5 Å². The number of hydrogen-bond acceptors (Lipinski definition) is 3. The average molecular weight is 283 g/mol. The minimum atomic E-state index is -0.0358. The minimum absolute atomic E-state index is 0.0260. The van der Waals surface area contributed by atoms with Gasteiger partial charge in [0.05, 0.1) is 5.92 Å². The zero-order chi connectivity index (χ0) is 15.0. The van der Waals surface area contributed by atoms with Crippen molar-refractivity contribution in [2.24, 2.45) is 11.8 Å². The van der Waals surface area contributed by atoms with E-state index in [9.17, 15) is 9.59 Å². The molecule has 2 unspecified atom stereocenters. The fraction of sp³-hybridized carbons (Fsp3) is 0.867. The zero-order valence-corrected chi connectivity index (χ0v) is 13.1. The number of nitrogens with zero attached hydrogens (tertiary/aromatic N) is 1. The van der Waals surface area contributed by atoms with Crippen molar-refractivity contribution in [3.05, 3.63) is 0 Å². The van der Waals surface area contributed by atoms with Crippen LogP contribution in [-0.4, -0.2) is 49.9 Å². The van der Waals surface area contributed by atoms with Gasteiger partial charge in [-0.2, -0.15) is 0 Å². The standard InChI is InChI=1S/C15H29N3O2/c1-4-5-8-17-14(19)13-7-6-9-18(11-13)15(20)12(2)10-16-3/h12-13,16H,4-11H2,1-3H3,(H,17,19). The Balaban J connectivity index is 2.45. The first-order valence-electron chi connectivity index (χ1n) is 7.81. The van der Waals surface area contributed by atoms with Crippen LogP contribution in [0.25, 0.3) is 0 Å². The molecule has 20 heavy (non-hydrogen) atoms. The molecule has 1 fully saturated rings. The van der Waals surface area contributed by atoms with Crippen molar-refractivity contribution in [3.63, 3.8) is 0 Å². The van der Waals surface area contributed by atoms with E-state index in [4.69, 9.17) is 0 Å². The zero-order valence-electron chi connectivity index (χ0n) is 13.1. The summed E-state index contributed by atoms with van der Waals surface area (Å²) >= 11 is 0. The molecule has 5 heteroatoms. The summed E-state index contributed by atoms with van der Waals surface area (Å²) < 4.78 is 0. The molecule has 1 rings (SSSR count). The molecule has 0 aliphatic carbocycles. The van der Waals surface area contributed by atoms with Gasteiger partial charge in [0, 0.05) is 32.1 Å². The summed E-state index contributed by atoms with van der Waals surface area (Å²) in [7, 11) is 1.85. The summed E-state index contributed by atoms with van der Waals surface area (Å²) in [4.78, 5) is 26.2. The lowest BCUT2D eigenvalue weighted by molar-refractivity contribution is -0.138. The highest BCUT2D eigenvalue weighted by Crippen LogP contribution is 2.18. The van der Waals surface area contributed by atoms with E-state index < -0.39 is 0 Å². The van der Waals surface area contributed by atoms with Crippen LogP contribution < -0.4 is 10.6 Å². The smallest absolute Gasteiger partial charge is 0.226 e. The third-order valence-corrected chi connectivity index (χ3v) is 3.87. The van der Waals surface area contributed by atoms with Gasteiger partial charge in [0.1, 0.15) is 0 Å². The first-order chi connectivity index (χ1) is 9.60. The maximum absolute atomic E-state index is 12.3. The molecule has 0 radical (unpaired) electrons. The lowest BCUT2D eigenvalue weighted by Crippen LogP contribution is -2.48. The van der Waals surface area contributed by atoms with Gasteiger partial charge in [-0.3, -0.25) is 9.59 Å². The predicted molar refractivity (Wildman–Crippen MR) is 80.3 cm³/mol. The molecule has 1 aliphatic rings. The van der Waals surface area contributed by atoms with Crippen molar-refractivity contribution in [1.82, 2.24) is 15.5 Å². The van der Waals surface area contributed by atoms with E-state index in [0.717, 1.165) is 38.8 Å². The normalized spacial score (nSPS) is 20.6. The van der Waals surface area contributed by atoms with Crippen molar-refractivity contribution in [2.75, 3.05) is 33.2 Å². The Hall–Kier alpha value is -1.10. The topological polar surface area (TPSA) is 61.4 Å². The number of nitrogens with one attached hydrogen (secondary N) is 2. The molecule has 0 spiro atoms. The van der Waals surface area contributed by atoms with Gasteiger partial charge in [-0.15, -0.1) is 0 Å². The van der Waals surface area contributed by atoms with Crippen LogP contribution in [0.4, 0.5) is 0 Å². The third-order valence-electron chi connectivity index (χ3n) is 3.87. The Morgan fingerprint density at radius 2 is 2.15 bits per heavy atom. The molecule has 5 nitrogen and oxygen atoms in total. The lowest BCUT2D eigenvalue weighted by atomic mass is 9.96. The highest BCUT2D eigenvalue weighted by atomic mass is 16.2. The van der Waals surface area contributed by atoms with E-state index in [0.29, 0.717) is 13.1 Å². The van der Waals surface area contributed by atoms with Crippen molar-refractivity contribution in [3.8, 4) is 0 Å². The molecule has 1 aliphatic heterocycles. The lowest BCUT2D eigenvalue weighted by Gasteiger charge is -2.33. The first-order valence-corrected chi connectivity index (χ1v) is 7.81. The number of amides is 2. The van der Waals surface area contributed by atoms with Crippen molar-refractivity contribution in [2.45, 2.75) is 39.5 Å². The van der Waals surface area contributed by atoms with Gasteiger partial charge in [-0.1, -0.05) is 20.3 Å². The Kier molecular flexibility index (Phi) is 7.59. The van der Waals surface area contributed by atoms with Crippen LogP contribution in [0.1, 0.15) is 39.5 Å². The van der Waals surface area contributed by atoms with E-state index >= 15 is 0 Å². The van der Waals surface area contributed by atoms with Crippen molar-refractivity contribution < 1.29 is 9.59 Å². The molecule has 0 saturated carbocycles. The largest absolute Gasteiger partial charge is 0.356 e. The second kappa shape index (κ2) is 8.95. The number of likely N-dealkylation sites (tertiary alicyclic amines) is 1. The molecule has 2 amide bonds. The Labute approximate surface area is 122 Å². The predicted octanol–water partition coefficient (Wildman–Crippen LogP) is 0.997. The Morgan fingerprint density at radius 3 is 2.80 bits per heavy atom. The van der Waals surface area contributed by atoms with Crippen LogP contribution in [0.15, 0.2) is 0 Å². The number of unbranched alkanes of at least 4 members (excludes halogenated alkanes) is 1. The van der Waals surface area contributed by atoms with Gasteiger partial charge >= 0.3 is 0 Å². The highest BCUT2D eigenvalue weighted by Gasteiger charge is 2.29. The van der Waals surface area contributed by atoms with E-state index in [1.807, 2.05) is 18.9 Å². The van der Waals surface area contributed by atoms with Gasteiger partial charge in [-0.05, 0) is 26.3 Å². The molecule has 1 heterocycles. The summed E-state index contributed by atoms with van der Waals surface area (Å²) in [5.74, 6) is 0.205. The molecule has 0 aromatic rings. The molecule has 2 atom stereocenters. The Bertz CT molecular complexity index is 320. The van der Waals surface area contributed by atoms with Gasteiger partial charge in [-0.25, -0.2) is 0 Å². The van der Waals surface area contributed by atoms with Crippen LogP contribution in [-0.2, 0) is 9.59 Å². The third kappa shape index (κ3) is 5.12. The van der Waals surface area contributed by atoms with Crippen molar-refractivity contribution in [1.29, 1.82) is 0 Å². The van der Waals surface area contributed by atoms with E-state index in [1.54, 1.807) is 0 Å². The summed E-state index contributed by atoms with van der Waals surface area (Å²) in [5, 5.41) is 6.01. The molecule has 2 N–H and O–H groups in total. The van der Waals surface area contributed by atoms with Crippen LogP contribution in [0.2, 0.25) is 0 Å². The number of carbonyl (C=O) groups excluding carboxylic acids is 2. The maximum atomic E-state index is 12.3. The second-order valence-electron chi connectivity index (χ2n) is 5.73. The molecular formula is C15H29N3O2. The molecule has 116 valence electrons. The summed E-state index contributed by atoms with van der Waals surface area (Å²) in [5.41, 5.74) is 0. The number of hydrogen-bond donors (Lipinski definition) is 2. The molecule has 0 aromatic carbocycles. The number of rotatable bonds is 7. The molecule has 1 saturated heterocycles. The Morgan fingerprint density at radius 1 is 1.40 bits per heavy atom. The van der Waals surface area contributed by atoms with E-state index in [1.165, 1.54) is 0 Å². The second-order valence-corrected chi connectivity index (χ2v) is 5.73. The van der Waals surface area contributed by atoms with Crippen LogP contribution in [0, 0.1) is 11.8 Å². The quantitative estimate of drug-likeness (QED) is 0.685. The van der Waals surface area contributed by atoms with E-state index in [-0.39, 0.29) is 23.7 Å². The van der Waals surface area contributed by atoms with Crippen LogP contribution in [0.5, 0.6) is 0 Å². The molecule has 0 bridgehead atoms. The van der Waals surface area contributed by atoms with Gasteiger partial charge in [0.15, 0.2) is 0 Å². The van der Waals surface area contributed by atoms with Crippen molar-refractivity contribution >= 4 is 11.8 Å². The summed E-state index contributed by atoms with van der Waals surface area (Å²) in [6.45, 7) is 6.83. The van der Waals surface area contributed by atoms with Gasteiger partial charge in [0.25, 0.3) is 0 Å².